The summed E-state index contributed by atoms with van der Waals surface area (Å²) in [6.07, 6.45) is 0.804. The number of carboxylic acids is 1. The average Bonchev–Trinajstić information content (AvgIpc) is 2.79. The second-order valence-electron chi connectivity index (χ2n) is 4.21. The van der Waals surface area contributed by atoms with Crippen molar-refractivity contribution in [3.63, 3.8) is 0 Å². The van der Waals surface area contributed by atoms with Crippen LogP contribution >= 0.6 is 0 Å². The molecule has 1 aromatic rings. The van der Waals surface area contributed by atoms with Crippen LogP contribution in [0, 0.1) is 19.8 Å². The van der Waals surface area contributed by atoms with E-state index in [1.807, 2.05) is 0 Å². The summed E-state index contributed by atoms with van der Waals surface area (Å²) in [6, 6.07) is 6.31. The Kier molecular flexibility index (Phi) is 2.06. The van der Waals surface area contributed by atoms with Crippen LogP contribution in [0.15, 0.2) is 18.2 Å². The summed E-state index contributed by atoms with van der Waals surface area (Å²) >= 11 is 0. The van der Waals surface area contributed by atoms with Crippen molar-refractivity contribution >= 4 is 5.97 Å². The zero-order valence-electron chi connectivity index (χ0n) is 8.45. The van der Waals surface area contributed by atoms with Crippen molar-refractivity contribution in [1.29, 1.82) is 0 Å². The van der Waals surface area contributed by atoms with Gasteiger partial charge in [-0.1, -0.05) is 29.3 Å². The number of carbonyl (C=O) groups is 1. The van der Waals surface area contributed by atoms with Crippen LogP contribution in [0.4, 0.5) is 0 Å². The molecule has 0 bridgehead atoms. The molecule has 74 valence electrons. The highest BCUT2D eigenvalue weighted by Crippen LogP contribution is 2.47. The summed E-state index contributed by atoms with van der Waals surface area (Å²) in [4.78, 5) is 10.7. The molecule has 1 aromatic carbocycles. The molecular weight excluding hydrogens is 176 g/mol. The minimum absolute atomic E-state index is 0.142. The summed E-state index contributed by atoms with van der Waals surface area (Å²) in [5, 5.41) is 8.82. The summed E-state index contributed by atoms with van der Waals surface area (Å²) in [5.74, 6) is -0.545. The zero-order valence-corrected chi connectivity index (χ0v) is 8.45. The lowest BCUT2D eigenvalue weighted by Crippen LogP contribution is -1.99. The first-order valence-corrected chi connectivity index (χ1v) is 4.89. The lowest BCUT2D eigenvalue weighted by molar-refractivity contribution is -0.138. The van der Waals surface area contributed by atoms with Gasteiger partial charge in [-0.05, 0) is 31.7 Å². The first-order valence-electron chi connectivity index (χ1n) is 4.89. The van der Waals surface area contributed by atoms with E-state index in [0.29, 0.717) is 0 Å². The molecule has 1 saturated carbocycles. The molecule has 2 nitrogen and oxygen atoms in total. The molecule has 0 heterocycles. The van der Waals surface area contributed by atoms with Crippen LogP contribution in [0.2, 0.25) is 0 Å². The van der Waals surface area contributed by atoms with Crippen LogP contribution in [-0.2, 0) is 4.79 Å². The second-order valence-corrected chi connectivity index (χ2v) is 4.21. The molecule has 2 heteroatoms. The van der Waals surface area contributed by atoms with Gasteiger partial charge in [0.15, 0.2) is 0 Å². The first kappa shape index (κ1) is 9.25. The van der Waals surface area contributed by atoms with Crippen molar-refractivity contribution < 1.29 is 9.90 Å². The van der Waals surface area contributed by atoms with E-state index in [0.717, 1.165) is 6.42 Å². The molecule has 0 aliphatic heterocycles. The number of carboxylic acid groups (broad SMARTS) is 1. The smallest absolute Gasteiger partial charge is 0.307 e. The molecular formula is C12H14O2. The maximum Gasteiger partial charge on any atom is 0.307 e. The van der Waals surface area contributed by atoms with Crippen molar-refractivity contribution in [2.45, 2.75) is 26.2 Å². The van der Waals surface area contributed by atoms with Crippen molar-refractivity contribution in [2.24, 2.45) is 5.92 Å². The number of aliphatic carboxylic acids is 1. The first-order chi connectivity index (χ1) is 6.58. The van der Waals surface area contributed by atoms with Crippen molar-refractivity contribution in [3.8, 4) is 0 Å². The predicted molar refractivity (Wildman–Crippen MR) is 54.4 cm³/mol. The molecule has 0 amide bonds. The molecule has 2 atom stereocenters. The molecule has 1 aliphatic rings. The Hall–Kier alpha value is -1.31. The number of aryl methyl sites for hydroxylation is 2. The molecule has 1 N–H and O–H groups in total. The topological polar surface area (TPSA) is 37.3 Å². The van der Waals surface area contributed by atoms with Gasteiger partial charge in [0.25, 0.3) is 0 Å². The maximum atomic E-state index is 10.7. The van der Waals surface area contributed by atoms with E-state index >= 15 is 0 Å². The van der Waals surface area contributed by atoms with Gasteiger partial charge >= 0.3 is 5.97 Å². The van der Waals surface area contributed by atoms with Gasteiger partial charge in [-0.15, -0.1) is 0 Å². The van der Waals surface area contributed by atoms with Crippen LogP contribution in [0.5, 0.6) is 0 Å². The van der Waals surface area contributed by atoms with E-state index in [1.165, 1.54) is 16.7 Å². The highest BCUT2D eigenvalue weighted by Gasteiger charge is 2.44. The Morgan fingerprint density at radius 2 is 1.86 bits per heavy atom. The van der Waals surface area contributed by atoms with Gasteiger partial charge in [-0.3, -0.25) is 4.79 Å². The van der Waals surface area contributed by atoms with Crippen molar-refractivity contribution in [1.82, 2.24) is 0 Å². The standard InChI is InChI=1S/C12H14O2/c1-7-3-8(2)5-9(4-7)10-6-11(10)12(13)14/h3-5,10-11H,6H2,1-2H3,(H,13,14)/t10-,11+/m1/s1. The molecule has 0 saturated heterocycles. The van der Waals surface area contributed by atoms with E-state index in [-0.39, 0.29) is 11.8 Å². The van der Waals surface area contributed by atoms with E-state index in [2.05, 4.69) is 32.0 Å². The summed E-state index contributed by atoms with van der Waals surface area (Å²) in [5.41, 5.74) is 3.63. The van der Waals surface area contributed by atoms with Crippen molar-refractivity contribution in [2.75, 3.05) is 0 Å². The molecule has 0 unspecified atom stereocenters. The number of hydrogen-bond acceptors (Lipinski definition) is 1. The molecule has 14 heavy (non-hydrogen) atoms. The van der Waals surface area contributed by atoms with Gasteiger partial charge in [0.2, 0.25) is 0 Å². The fraction of sp³-hybridized carbons (Fsp3) is 0.417. The SMILES string of the molecule is Cc1cc(C)cc([C@H]2C[C@@H]2C(=O)O)c1. The monoisotopic (exact) mass is 190 g/mol. The number of benzene rings is 1. The largest absolute Gasteiger partial charge is 0.481 e. The van der Waals surface area contributed by atoms with E-state index < -0.39 is 5.97 Å². The Balaban J connectivity index is 2.23. The summed E-state index contributed by atoms with van der Waals surface area (Å²) < 4.78 is 0. The molecule has 0 aromatic heterocycles. The fourth-order valence-electron chi connectivity index (χ4n) is 2.06. The van der Waals surface area contributed by atoms with Crippen LogP contribution in [0.3, 0.4) is 0 Å². The minimum Gasteiger partial charge on any atom is -0.481 e. The van der Waals surface area contributed by atoms with Gasteiger partial charge < -0.3 is 5.11 Å². The van der Waals surface area contributed by atoms with Gasteiger partial charge in [0.1, 0.15) is 0 Å². The molecule has 0 radical (unpaired) electrons. The van der Waals surface area contributed by atoms with Crippen LogP contribution in [-0.4, -0.2) is 11.1 Å². The summed E-state index contributed by atoms with van der Waals surface area (Å²) in [7, 11) is 0. The molecule has 1 aliphatic carbocycles. The molecule has 2 rings (SSSR count). The van der Waals surface area contributed by atoms with Gasteiger partial charge in [0, 0.05) is 0 Å². The third-order valence-corrected chi connectivity index (χ3v) is 2.78. The van der Waals surface area contributed by atoms with Gasteiger partial charge in [0.05, 0.1) is 5.92 Å². The average molecular weight is 190 g/mol. The third-order valence-electron chi connectivity index (χ3n) is 2.78. The lowest BCUT2D eigenvalue weighted by Gasteiger charge is -2.03. The van der Waals surface area contributed by atoms with Crippen LogP contribution in [0.25, 0.3) is 0 Å². The Bertz CT molecular complexity index is 362. The zero-order chi connectivity index (χ0) is 10.3. The van der Waals surface area contributed by atoms with Crippen LogP contribution in [0.1, 0.15) is 29.0 Å². The van der Waals surface area contributed by atoms with Crippen LogP contribution < -0.4 is 0 Å². The fourth-order valence-corrected chi connectivity index (χ4v) is 2.06. The van der Waals surface area contributed by atoms with E-state index in [4.69, 9.17) is 5.11 Å². The number of rotatable bonds is 2. The molecule has 1 fully saturated rings. The quantitative estimate of drug-likeness (QED) is 0.778. The minimum atomic E-state index is -0.658. The Labute approximate surface area is 83.6 Å². The number of hydrogen-bond donors (Lipinski definition) is 1. The highest BCUT2D eigenvalue weighted by atomic mass is 16.4. The Morgan fingerprint density at radius 1 is 1.29 bits per heavy atom. The lowest BCUT2D eigenvalue weighted by atomic mass is 10.0. The predicted octanol–water partition coefficient (Wildman–Crippen LogP) is 2.49. The Morgan fingerprint density at radius 3 is 2.29 bits per heavy atom. The van der Waals surface area contributed by atoms with E-state index in [9.17, 15) is 4.79 Å². The molecule has 0 spiro atoms. The third kappa shape index (κ3) is 1.65. The normalized spacial score (nSPS) is 24.7. The highest BCUT2D eigenvalue weighted by molar-refractivity contribution is 5.75. The van der Waals surface area contributed by atoms with Gasteiger partial charge in [-0.25, -0.2) is 0 Å². The maximum absolute atomic E-state index is 10.7. The summed E-state index contributed by atoms with van der Waals surface area (Å²) in [6.45, 7) is 4.10. The van der Waals surface area contributed by atoms with E-state index in [1.54, 1.807) is 0 Å². The van der Waals surface area contributed by atoms with Crippen molar-refractivity contribution in [3.05, 3.63) is 34.9 Å². The second kappa shape index (κ2) is 3.12. The van der Waals surface area contributed by atoms with Gasteiger partial charge in [-0.2, -0.15) is 0 Å².